The number of aromatic hydroxyl groups is 1. The molecule has 0 radical (unpaired) electrons. The van der Waals surface area contributed by atoms with Crippen LogP contribution in [-0.2, 0) is 0 Å². The smallest absolute Gasteiger partial charge is 0.119 e. The zero-order valence-corrected chi connectivity index (χ0v) is 21.2. The SMILES string of the molecule is C1CN2CCN1CC2.CC(C)c1cc(Br)ccc1O.Cc1ccc(C)c(C(C)C)c1. The first-order valence-electron chi connectivity index (χ1n) is 11.2. The Bertz CT molecular complexity index is 717. The van der Waals surface area contributed by atoms with Crippen LogP contribution in [-0.4, -0.2) is 54.2 Å². The van der Waals surface area contributed by atoms with Gasteiger partial charge in [-0.05, 0) is 60.6 Å². The van der Waals surface area contributed by atoms with Crippen molar-refractivity contribution in [1.29, 1.82) is 0 Å². The van der Waals surface area contributed by atoms with Crippen molar-refractivity contribution in [2.24, 2.45) is 0 Å². The first-order valence-corrected chi connectivity index (χ1v) is 12.0. The molecule has 3 aliphatic rings. The van der Waals surface area contributed by atoms with E-state index in [1.165, 1.54) is 56.0 Å². The quantitative estimate of drug-likeness (QED) is 0.551. The van der Waals surface area contributed by atoms with Crippen molar-refractivity contribution < 1.29 is 5.11 Å². The molecule has 0 unspecified atom stereocenters. The van der Waals surface area contributed by atoms with Gasteiger partial charge in [0.2, 0.25) is 0 Å². The zero-order chi connectivity index (χ0) is 22.3. The molecule has 4 heteroatoms. The molecule has 3 nitrogen and oxygen atoms in total. The van der Waals surface area contributed by atoms with Crippen LogP contribution in [0.3, 0.4) is 0 Å². The highest BCUT2D eigenvalue weighted by molar-refractivity contribution is 9.10. The van der Waals surface area contributed by atoms with Gasteiger partial charge in [0, 0.05) is 43.7 Å². The molecule has 3 saturated heterocycles. The highest BCUT2D eigenvalue weighted by Crippen LogP contribution is 2.28. The maximum Gasteiger partial charge on any atom is 0.119 e. The van der Waals surface area contributed by atoms with Crippen molar-refractivity contribution in [2.75, 3.05) is 39.3 Å². The van der Waals surface area contributed by atoms with Gasteiger partial charge in [0.1, 0.15) is 5.75 Å². The molecule has 0 amide bonds. The Morgan fingerprint density at radius 1 is 0.733 bits per heavy atom. The van der Waals surface area contributed by atoms with Crippen molar-refractivity contribution in [1.82, 2.24) is 9.80 Å². The van der Waals surface area contributed by atoms with E-state index >= 15 is 0 Å². The lowest BCUT2D eigenvalue weighted by Crippen LogP contribution is -2.55. The van der Waals surface area contributed by atoms with E-state index < -0.39 is 0 Å². The van der Waals surface area contributed by atoms with Crippen LogP contribution in [0.4, 0.5) is 0 Å². The molecule has 0 spiro atoms. The Morgan fingerprint density at radius 2 is 1.23 bits per heavy atom. The molecule has 166 valence electrons. The second-order valence-electron chi connectivity index (χ2n) is 9.06. The lowest BCUT2D eigenvalue weighted by atomic mass is 9.96. The molecule has 0 saturated carbocycles. The summed E-state index contributed by atoms with van der Waals surface area (Å²) in [7, 11) is 0. The minimum atomic E-state index is 0.368. The largest absolute Gasteiger partial charge is 0.508 e. The van der Waals surface area contributed by atoms with Crippen LogP contribution >= 0.6 is 15.9 Å². The molecule has 0 atom stereocenters. The number of hydrogen-bond acceptors (Lipinski definition) is 3. The lowest BCUT2D eigenvalue weighted by Gasteiger charge is -2.41. The number of hydrogen-bond donors (Lipinski definition) is 1. The summed E-state index contributed by atoms with van der Waals surface area (Å²) < 4.78 is 1.01. The number of phenols is 1. The van der Waals surface area contributed by atoms with Crippen LogP contribution in [0.1, 0.15) is 61.8 Å². The van der Waals surface area contributed by atoms with Crippen LogP contribution < -0.4 is 0 Å². The highest BCUT2D eigenvalue weighted by atomic mass is 79.9. The van der Waals surface area contributed by atoms with Crippen molar-refractivity contribution in [3.63, 3.8) is 0 Å². The summed E-state index contributed by atoms with van der Waals surface area (Å²) >= 11 is 3.35. The Labute approximate surface area is 192 Å². The van der Waals surface area contributed by atoms with Crippen LogP contribution in [0, 0.1) is 13.8 Å². The average Bonchev–Trinajstić information content (AvgIpc) is 2.73. The Morgan fingerprint density at radius 3 is 1.60 bits per heavy atom. The van der Waals surface area contributed by atoms with Crippen molar-refractivity contribution in [3.05, 3.63) is 63.1 Å². The van der Waals surface area contributed by atoms with Gasteiger partial charge in [0.05, 0.1) is 0 Å². The van der Waals surface area contributed by atoms with Crippen molar-refractivity contribution >= 4 is 15.9 Å². The number of benzene rings is 2. The fourth-order valence-corrected chi connectivity index (χ4v) is 4.27. The molecule has 30 heavy (non-hydrogen) atoms. The van der Waals surface area contributed by atoms with E-state index in [9.17, 15) is 5.11 Å². The second kappa shape index (κ2) is 11.9. The Balaban J connectivity index is 0.000000162. The summed E-state index contributed by atoms with van der Waals surface area (Å²) in [5.41, 5.74) is 5.23. The van der Waals surface area contributed by atoms with Crippen LogP contribution in [0.2, 0.25) is 0 Å². The molecule has 3 heterocycles. The topological polar surface area (TPSA) is 26.7 Å². The fourth-order valence-electron chi connectivity index (χ4n) is 3.89. The van der Waals surface area contributed by atoms with Crippen molar-refractivity contribution in [3.8, 4) is 5.75 Å². The normalized spacial score (nSPS) is 19.8. The monoisotopic (exact) mass is 474 g/mol. The van der Waals surface area contributed by atoms with Gasteiger partial charge in [0.15, 0.2) is 0 Å². The van der Waals surface area contributed by atoms with E-state index in [1.807, 2.05) is 12.1 Å². The van der Waals surface area contributed by atoms with E-state index in [0.29, 0.717) is 17.6 Å². The van der Waals surface area contributed by atoms with Gasteiger partial charge in [-0.15, -0.1) is 0 Å². The summed E-state index contributed by atoms with van der Waals surface area (Å²) in [6.07, 6.45) is 0. The number of halogens is 1. The molecule has 2 aromatic rings. The molecule has 3 aliphatic heterocycles. The van der Waals surface area contributed by atoms with Gasteiger partial charge in [-0.1, -0.05) is 67.4 Å². The number of nitrogens with zero attached hydrogens (tertiary/aromatic N) is 2. The first kappa shape index (κ1) is 24.9. The van der Waals surface area contributed by atoms with Gasteiger partial charge in [-0.3, -0.25) is 9.80 Å². The first-order chi connectivity index (χ1) is 14.2. The number of phenolic OH excluding ortho intramolecular Hbond substituents is 1. The highest BCUT2D eigenvalue weighted by Gasteiger charge is 2.21. The minimum Gasteiger partial charge on any atom is -0.508 e. The molecular weight excluding hydrogens is 436 g/mol. The fraction of sp³-hybridized carbons (Fsp3) is 0.538. The maximum absolute atomic E-state index is 9.38. The van der Waals surface area contributed by atoms with Gasteiger partial charge >= 0.3 is 0 Å². The van der Waals surface area contributed by atoms with E-state index in [2.05, 4.69) is 85.5 Å². The summed E-state index contributed by atoms with van der Waals surface area (Å²) in [5, 5.41) is 9.38. The van der Waals surface area contributed by atoms with Gasteiger partial charge in [-0.2, -0.15) is 0 Å². The zero-order valence-electron chi connectivity index (χ0n) is 19.6. The van der Waals surface area contributed by atoms with Gasteiger partial charge < -0.3 is 5.11 Å². The number of aryl methyl sites for hydroxylation is 2. The predicted octanol–water partition coefficient (Wildman–Crippen LogP) is 6.32. The number of rotatable bonds is 2. The molecule has 2 aromatic carbocycles. The minimum absolute atomic E-state index is 0.368. The molecule has 0 aliphatic carbocycles. The lowest BCUT2D eigenvalue weighted by molar-refractivity contribution is 0.0647. The standard InChI is InChI=1S/C11H16.C9H11BrO.C6H12N2/c1-8(2)11-7-9(3)5-6-10(11)4;1-6(2)8-5-7(10)3-4-9(8)11;1-2-8-5-3-7(1)4-6-8/h5-8H,1-4H3;3-6,11H,1-2H3;1-6H2. The van der Waals surface area contributed by atoms with E-state index in [-0.39, 0.29) is 0 Å². The van der Waals surface area contributed by atoms with E-state index in [1.54, 1.807) is 6.07 Å². The number of piperazine rings is 3. The van der Waals surface area contributed by atoms with Crippen LogP contribution in [0.5, 0.6) is 5.75 Å². The third-order valence-electron chi connectivity index (χ3n) is 5.87. The van der Waals surface area contributed by atoms with Crippen molar-refractivity contribution in [2.45, 2.75) is 53.4 Å². The molecule has 0 aromatic heterocycles. The molecule has 3 fully saturated rings. The summed E-state index contributed by atoms with van der Waals surface area (Å²) in [4.78, 5) is 5.08. The van der Waals surface area contributed by atoms with E-state index in [0.717, 1.165) is 10.0 Å². The second-order valence-corrected chi connectivity index (χ2v) is 9.97. The summed E-state index contributed by atoms with van der Waals surface area (Å²) in [6.45, 7) is 20.8. The summed E-state index contributed by atoms with van der Waals surface area (Å²) in [5.74, 6) is 1.39. The predicted molar refractivity (Wildman–Crippen MR) is 133 cm³/mol. The molecule has 2 bridgehead atoms. The molecule has 1 N–H and O–H groups in total. The Kier molecular flexibility index (Phi) is 9.86. The third kappa shape index (κ3) is 7.72. The Hall–Kier alpha value is -1.36. The van der Waals surface area contributed by atoms with Crippen LogP contribution in [0.25, 0.3) is 0 Å². The molecule has 5 rings (SSSR count). The molecular formula is C26H39BrN2O. The van der Waals surface area contributed by atoms with Crippen LogP contribution in [0.15, 0.2) is 40.9 Å². The third-order valence-corrected chi connectivity index (χ3v) is 6.36. The van der Waals surface area contributed by atoms with E-state index in [4.69, 9.17) is 0 Å². The van der Waals surface area contributed by atoms with Gasteiger partial charge in [0.25, 0.3) is 0 Å². The van der Waals surface area contributed by atoms with Gasteiger partial charge in [-0.25, -0.2) is 0 Å². The maximum atomic E-state index is 9.38. The average molecular weight is 476 g/mol. The number of fused-ring (bicyclic) bond motifs is 3. The summed E-state index contributed by atoms with van der Waals surface area (Å²) in [6, 6.07) is 12.1.